The van der Waals surface area contributed by atoms with Crippen LogP contribution >= 0.6 is 11.6 Å². The van der Waals surface area contributed by atoms with Crippen molar-refractivity contribution in [1.29, 1.82) is 0 Å². The van der Waals surface area contributed by atoms with Crippen LogP contribution in [0, 0.1) is 12.7 Å². The average molecular weight is 453 g/mol. The Kier molecular flexibility index (Phi) is 5.38. The second kappa shape index (κ2) is 7.88. The summed E-state index contributed by atoms with van der Waals surface area (Å²) in [4.78, 5) is 12.8. The minimum Gasteiger partial charge on any atom is -0.363 e. The van der Waals surface area contributed by atoms with Crippen LogP contribution in [0.5, 0.6) is 0 Å². The molecule has 2 heterocycles. The van der Waals surface area contributed by atoms with E-state index in [2.05, 4.69) is 15.7 Å². The van der Waals surface area contributed by atoms with Gasteiger partial charge < -0.3 is 10.6 Å². The third-order valence-electron chi connectivity index (χ3n) is 5.14. The second-order valence-electron chi connectivity index (χ2n) is 7.34. The molecule has 5 nitrogen and oxygen atoms in total. The van der Waals surface area contributed by atoms with Gasteiger partial charge in [-0.3, -0.25) is 4.79 Å². The van der Waals surface area contributed by atoms with Crippen LogP contribution in [0.15, 0.2) is 48.7 Å². The van der Waals surface area contributed by atoms with Crippen LogP contribution in [0.1, 0.15) is 40.0 Å². The summed E-state index contributed by atoms with van der Waals surface area (Å²) in [6, 6.07) is 8.19. The molecule has 0 aliphatic carbocycles. The van der Waals surface area contributed by atoms with Gasteiger partial charge >= 0.3 is 6.18 Å². The molecule has 0 saturated heterocycles. The average Bonchev–Trinajstić information content (AvgIpc) is 3.14. The van der Waals surface area contributed by atoms with E-state index in [9.17, 15) is 22.4 Å². The number of nitrogens with zero attached hydrogens (tertiary/aromatic N) is 2. The molecule has 1 aliphatic heterocycles. The fourth-order valence-corrected chi connectivity index (χ4v) is 3.70. The number of benzene rings is 2. The van der Waals surface area contributed by atoms with Crippen LogP contribution < -0.4 is 10.6 Å². The maximum Gasteiger partial charge on any atom is 0.410 e. The van der Waals surface area contributed by atoms with Crippen LogP contribution in [0.3, 0.4) is 0 Å². The molecule has 2 atom stereocenters. The van der Waals surface area contributed by atoms with Crippen molar-refractivity contribution in [2.24, 2.45) is 0 Å². The Bertz CT molecular complexity index is 1130. The Morgan fingerprint density at radius 1 is 1.23 bits per heavy atom. The van der Waals surface area contributed by atoms with Crippen molar-refractivity contribution in [3.05, 3.63) is 76.2 Å². The maximum absolute atomic E-state index is 13.8. The third kappa shape index (κ3) is 4.23. The molecule has 31 heavy (non-hydrogen) atoms. The van der Waals surface area contributed by atoms with Gasteiger partial charge in [0.2, 0.25) is 0 Å². The van der Waals surface area contributed by atoms with E-state index in [0.717, 1.165) is 22.5 Å². The topological polar surface area (TPSA) is 59.0 Å². The van der Waals surface area contributed by atoms with E-state index in [4.69, 9.17) is 11.6 Å². The van der Waals surface area contributed by atoms with Crippen molar-refractivity contribution in [2.75, 3.05) is 10.6 Å². The van der Waals surface area contributed by atoms with Gasteiger partial charge in [-0.2, -0.15) is 18.3 Å². The van der Waals surface area contributed by atoms with Gasteiger partial charge in [0.15, 0.2) is 6.04 Å². The number of amides is 1. The zero-order valence-corrected chi connectivity index (χ0v) is 16.9. The molecule has 4 rings (SSSR count). The van der Waals surface area contributed by atoms with Gasteiger partial charge in [0, 0.05) is 12.1 Å². The minimum atomic E-state index is -4.55. The summed E-state index contributed by atoms with van der Waals surface area (Å²) >= 11 is 5.72. The molecule has 0 fully saturated rings. The van der Waals surface area contributed by atoms with Crippen molar-refractivity contribution < 1.29 is 22.4 Å². The molecule has 1 aliphatic rings. The Morgan fingerprint density at radius 2 is 1.94 bits per heavy atom. The molecule has 162 valence electrons. The van der Waals surface area contributed by atoms with E-state index >= 15 is 0 Å². The predicted molar refractivity (Wildman–Crippen MR) is 109 cm³/mol. The number of carbonyl (C=O) groups excluding carboxylic acids is 1. The molecule has 2 aromatic carbocycles. The number of rotatable bonds is 3. The number of hydrogen-bond donors (Lipinski definition) is 2. The fraction of sp³-hybridized carbons (Fsp3) is 0.238. The zero-order chi connectivity index (χ0) is 22.3. The molecule has 0 saturated carbocycles. The molecular weight excluding hydrogens is 436 g/mol. The number of aryl methyl sites for hydroxylation is 1. The summed E-state index contributed by atoms with van der Waals surface area (Å²) in [5.41, 5.74) is 1.79. The Hall–Kier alpha value is -3.07. The summed E-state index contributed by atoms with van der Waals surface area (Å²) in [6.07, 6.45) is -3.74. The molecular formula is C21H17ClF4N4O. The first kappa shape index (κ1) is 21.2. The van der Waals surface area contributed by atoms with Gasteiger partial charge in [0.05, 0.1) is 17.3 Å². The zero-order valence-electron chi connectivity index (χ0n) is 16.2. The first-order valence-corrected chi connectivity index (χ1v) is 9.75. The van der Waals surface area contributed by atoms with Crippen LogP contribution in [0.2, 0.25) is 5.02 Å². The molecule has 1 amide bonds. The maximum atomic E-state index is 13.8. The smallest absolute Gasteiger partial charge is 0.363 e. The largest absolute Gasteiger partial charge is 0.410 e. The first-order valence-electron chi connectivity index (χ1n) is 9.37. The standard InChI is InChI=1S/C21H17ClF4N4O/c1-11-2-4-12(5-3-11)17-9-18(21(24,25)26)30-19(29-17)14(10-27-30)20(31)28-13-6-7-16(23)15(22)8-13/h2-8,10,17-18,29H,9H2,1H3,(H,28,31)/t17-,18-/m0/s1. The number of alkyl halides is 3. The minimum absolute atomic E-state index is 0.0372. The van der Waals surface area contributed by atoms with Crippen molar-refractivity contribution in [2.45, 2.75) is 31.6 Å². The van der Waals surface area contributed by atoms with Crippen molar-refractivity contribution in [3.8, 4) is 0 Å². The van der Waals surface area contributed by atoms with E-state index < -0.39 is 30.0 Å². The van der Waals surface area contributed by atoms with Crippen LogP contribution in [-0.4, -0.2) is 21.9 Å². The lowest BCUT2D eigenvalue weighted by molar-refractivity contribution is -0.173. The number of hydrogen-bond acceptors (Lipinski definition) is 3. The summed E-state index contributed by atoms with van der Waals surface area (Å²) in [6.45, 7) is 1.88. The van der Waals surface area contributed by atoms with Crippen LogP contribution in [0.4, 0.5) is 29.1 Å². The molecule has 0 spiro atoms. The lowest BCUT2D eigenvalue weighted by Gasteiger charge is -2.34. The summed E-state index contributed by atoms with van der Waals surface area (Å²) in [5.74, 6) is -1.38. The molecule has 0 radical (unpaired) electrons. The predicted octanol–water partition coefficient (Wildman–Crippen LogP) is 5.90. The van der Waals surface area contributed by atoms with Gasteiger partial charge in [-0.15, -0.1) is 0 Å². The lowest BCUT2D eigenvalue weighted by Crippen LogP contribution is -2.36. The van der Waals surface area contributed by atoms with Gasteiger partial charge in [-0.1, -0.05) is 41.4 Å². The highest BCUT2D eigenvalue weighted by Gasteiger charge is 2.47. The fourth-order valence-electron chi connectivity index (χ4n) is 3.52. The molecule has 1 aromatic heterocycles. The van der Waals surface area contributed by atoms with E-state index in [-0.39, 0.29) is 28.5 Å². The molecule has 2 N–H and O–H groups in total. The van der Waals surface area contributed by atoms with Crippen LogP contribution in [-0.2, 0) is 0 Å². The molecule has 3 aromatic rings. The Labute approximate surface area is 180 Å². The monoisotopic (exact) mass is 452 g/mol. The Morgan fingerprint density at radius 3 is 2.58 bits per heavy atom. The van der Waals surface area contributed by atoms with Gasteiger partial charge in [0.25, 0.3) is 5.91 Å². The number of halogens is 5. The van der Waals surface area contributed by atoms with Gasteiger partial charge in [0.1, 0.15) is 17.2 Å². The SMILES string of the molecule is Cc1ccc([C@@H]2C[C@@H](C(F)(F)F)n3ncc(C(=O)Nc4ccc(F)c(Cl)c4)c3N2)cc1. The summed E-state index contributed by atoms with van der Waals surface area (Å²) in [7, 11) is 0. The normalized spacial score (nSPS) is 18.3. The quantitative estimate of drug-likeness (QED) is 0.487. The number of aromatic nitrogens is 2. The number of carbonyl (C=O) groups is 1. The summed E-state index contributed by atoms with van der Waals surface area (Å²) in [5, 5.41) is 9.18. The first-order chi connectivity index (χ1) is 14.6. The van der Waals surface area contributed by atoms with Gasteiger partial charge in [-0.25, -0.2) is 9.07 Å². The van der Waals surface area contributed by atoms with Crippen molar-refractivity contribution >= 4 is 29.0 Å². The van der Waals surface area contributed by atoms with Crippen molar-refractivity contribution in [1.82, 2.24) is 9.78 Å². The van der Waals surface area contributed by atoms with Crippen molar-refractivity contribution in [3.63, 3.8) is 0 Å². The van der Waals surface area contributed by atoms with E-state index in [0.29, 0.717) is 5.56 Å². The number of nitrogens with one attached hydrogen (secondary N) is 2. The highest BCUT2D eigenvalue weighted by atomic mass is 35.5. The highest BCUT2D eigenvalue weighted by molar-refractivity contribution is 6.31. The number of anilines is 2. The number of fused-ring (bicyclic) bond motifs is 1. The Balaban J connectivity index is 1.68. The lowest BCUT2D eigenvalue weighted by atomic mass is 9.96. The van der Waals surface area contributed by atoms with E-state index in [1.807, 2.05) is 19.1 Å². The second-order valence-corrected chi connectivity index (χ2v) is 7.74. The van der Waals surface area contributed by atoms with E-state index in [1.165, 1.54) is 12.1 Å². The van der Waals surface area contributed by atoms with Crippen LogP contribution in [0.25, 0.3) is 0 Å². The highest BCUT2D eigenvalue weighted by Crippen LogP contribution is 2.44. The van der Waals surface area contributed by atoms with Gasteiger partial charge in [-0.05, 0) is 30.7 Å². The molecule has 0 unspecified atom stereocenters. The molecule has 0 bridgehead atoms. The summed E-state index contributed by atoms with van der Waals surface area (Å²) < 4.78 is 55.5. The third-order valence-corrected chi connectivity index (χ3v) is 5.43. The molecule has 10 heteroatoms. The van der Waals surface area contributed by atoms with E-state index in [1.54, 1.807) is 12.1 Å².